The second kappa shape index (κ2) is 6.70. The molecular weight excluding hydrogens is 268 g/mol. The van der Waals surface area contributed by atoms with E-state index in [1.54, 1.807) is 12.3 Å². The minimum absolute atomic E-state index is 0.0379. The zero-order valence-electron chi connectivity index (χ0n) is 12.4. The van der Waals surface area contributed by atoms with Gasteiger partial charge in [-0.3, -0.25) is 14.6 Å². The van der Waals surface area contributed by atoms with Gasteiger partial charge in [-0.05, 0) is 31.9 Å². The van der Waals surface area contributed by atoms with E-state index in [9.17, 15) is 14.7 Å². The van der Waals surface area contributed by atoms with Gasteiger partial charge in [0.15, 0.2) is 0 Å². The molecule has 1 heterocycles. The van der Waals surface area contributed by atoms with Crippen molar-refractivity contribution in [2.24, 2.45) is 5.41 Å². The molecule has 5 heteroatoms. The van der Waals surface area contributed by atoms with Crippen LogP contribution in [0.15, 0.2) is 18.3 Å². The Bertz CT molecular complexity index is 503. The smallest absolute Gasteiger partial charge is 0.310 e. The van der Waals surface area contributed by atoms with Gasteiger partial charge in [-0.25, -0.2) is 0 Å². The van der Waals surface area contributed by atoms with Crippen molar-refractivity contribution in [3.63, 3.8) is 0 Å². The number of nitrogens with one attached hydrogen (secondary N) is 1. The van der Waals surface area contributed by atoms with Crippen molar-refractivity contribution in [2.75, 3.05) is 5.32 Å². The molecule has 1 amide bonds. The molecule has 2 rings (SSSR count). The Kier molecular flexibility index (Phi) is 4.94. The van der Waals surface area contributed by atoms with Crippen LogP contribution in [0.4, 0.5) is 5.69 Å². The molecule has 0 saturated heterocycles. The molecule has 0 aromatic carbocycles. The summed E-state index contributed by atoms with van der Waals surface area (Å²) in [6.07, 6.45) is 6.67. The van der Waals surface area contributed by atoms with E-state index >= 15 is 0 Å². The van der Waals surface area contributed by atoms with Crippen LogP contribution in [0.1, 0.15) is 50.6 Å². The maximum Gasteiger partial charge on any atom is 0.310 e. The number of amides is 1. The van der Waals surface area contributed by atoms with Crippen molar-refractivity contribution in [3.8, 4) is 0 Å². The third-order valence-electron chi connectivity index (χ3n) is 4.21. The largest absolute Gasteiger partial charge is 0.481 e. The average molecular weight is 290 g/mol. The third kappa shape index (κ3) is 4.03. The molecule has 1 aromatic rings. The Labute approximate surface area is 124 Å². The number of pyridine rings is 1. The molecule has 0 spiro atoms. The van der Waals surface area contributed by atoms with E-state index in [2.05, 4.69) is 10.3 Å². The molecule has 0 bridgehead atoms. The molecule has 1 aromatic heterocycles. The highest BCUT2D eigenvalue weighted by Gasteiger charge is 2.40. The molecule has 1 saturated carbocycles. The summed E-state index contributed by atoms with van der Waals surface area (Å²) in [7, 11) is 0. The zero-order valence-corrected chi connectivity index (χ0v) is 12.4. The summed E-state index contributed by atoms with van der Waals surface area (Å²) in [5.74, 6) is -1.09. The summed E-state index contributed by atoms with van der Waals surface area (Å²) in [5, 5.41) is 12.3. The molecule has 0 atom stereocenters. The lowest BCUT2D eigenvalue weighted by Crippen LogP contribution is -2.35. The van der Waals surface area contributed by atoms with Crippen LogP contribution in [0.2, 0.25) is 0 Å². The van der Waals surface area contributed by atoms with Gasteiger partial charge >= 0.3 is 5.97 Å². The van der Waals surface area contributed by atoms with E-state index in [-0.39, 0.29) is 12.3 Å². The van der Waals surface area contributed by atoms with Crippen LogP contribution in [0, 0.1) is 12.3 Å². The number of aliphatic carboxylic acids is 1. The van der Waals surface area contributed by atoms with Crippen LogP contribution >= 0.6 is 0 Å². The number of carbonyl (C=O) groups excluding carboxylic acids is 1. The molecule has 0 unspecified atom stereocenters. The van der Waals surface area contributed by atoms with Gasteiger partial charge in [0, 0.05) is 12.1 Å². The Hall–Kier alpha value is -1.91. The van der Waals surface area contributed by atoms with Gasteiger partial charge in [0.1, 0.15) is 0 Å². The quantitative estimate of drug-likeness (QED) is 0.835. The lowest BCUT2D eigenvalue weighted by Gasteiger charge is -2.27. The maximum atomic E-state index is 12.2. The van der Waals surface area contributed by atoms with E-state index in [1.165, 1.54) is 0 Å². The first-order valence-corrected chi connectivity index (χ1v) is 7.48. The van der Waals surface area contributed by atoms with Crippen molar-refractivity contribution in [1.82, 2.24) is 4.98 Å². The fourth-order valence-electron chi connectivity index (χ4n) is 2.93. The Morgan fingerprint density at radius 2 is 1.90 bits per heavy atom. The lowest BCUT2D eigenvalue weighted by atomic mass is 9.77. The fourth-order valence-corrected chi connectivity index (χ4v) is 2.93. The van der Waals surface area contributed by atoms with Crippen molar-refractivity contribution in [3.05, 3.63) is 24.0 Å². The van der Waals surface area contributed by atoms with Crippen LogP contribution < -0.4 is 5.32 Å². The lowest BCUT2D eigenvalue weighted by molar-refractivity contribution is -0.152. The number of aromatic nitrogens is 1. The average Bonchev–Trinajstić information content (AvgIpc) is 2.68. The number of carboxylic acids is 1. The van der Waals surface area contributed by atoms with E-state index in [0.717, 1.165) is 31.4 Å². The molecule has 0 radical (unpaired) electrons. The Morgan fingerprint density at radius 1 is 1.24 bits per heavy atom. The van der Waals surface area contributed by atoms with Crippen LogP contribution in [0.25, 0.3) is 0 Å². The van der Waals surface area contributed by atoms with E-state index < -0.39 is 11.4 Å². The molecule has 114 valence electrons. The van der Waals surface area contributed by atoms with Gasteiger partial charge in [-0.2, -0.15) is 0 Å². The molecule has 1 fully saturated rings. The van der Waals surface area contributed by atoms with Crippen molar-refractivity contribution >= 4 is 17.6 Å². The normalized spacial score (nSPS) is 17.8. The Balaban J connectivity index is 2.04. The number of hydrogen-bond donors (Lipinski definition) is 2. The second-order valence-electron chi connectivity index (χ2n) is 5.91. The molecule has 1 aliphatic rings. The number of nitrogens with zero attached hydrogens (tertiary/aromatic N) is 1. The Morgan fingerprint density at radius 3 is 2.43 bits per heavy atom. The zero-order chi connectivity index (χ0) is 15.3. The number of anilines is 1. The first-order valence-electron chi connectivity index (χ1n) is 7.48. The topological polar surface area (TPSA) is 79.3 Å². The first kappa shape index (κ1) is 15.5. The third-order valence-corrected chi connectivity index (χ3v) is 4.21. The van der Waals surface area contributed by atoms with Crippen LogP contribution in [0.5, 0.6) is 0 Å². The van der Waals surface area contributed by atoms with Gasteiger partial charge in [0.2, 0.25) is 5.91 Å². The van der Waals surface area contributed by atoms with Gasteiger partial charge in [-0.15, -0.1) is 0 Å². The molecule has 21 heavy (non-hydrogen) atoms. The number of carbonyl (C=O) groups is 2. The molecular formula is C16H22N2O3. The SMILES string of the molecule is Cc1ccc(NC(=O)CC2(C(=O)O)CCCCCC2)cn1. The monoisotopic (exact) mass is 290 g/mol. The van der Waals surface area contributed by atoms with Gasteiger partial charge in [-0.1, -0.05) is 25.7 Å². The molecule has 0 aliphatic heterocycles. The van der Waals surface area contributed by atoms with Crippen LogP contribution in [-0.4, -0.2) is 22.0 Å². The van der Waals surface area contributed by atoms with E-state index in [4.69, 9.17) is 0 Å². The molecule has 2 N–H and O–H groups in total. The number of aryl methyl sites for hydroxylation is 1. The number of rotatable bonds is 4. The van der Waals surface area contributed by atoms with Gasteiger partial charge in [0.25, 0.3) is 0 Å². The van der Waals surface area contributed by atoms with E-state index in [1.807, 2.05) is 13.0 Å². The summed E-state index contributed by atoms with van der Waals surface area (Å²) in [6.45, 7) is 1.87. The van der Waals surface area contributed by atoms with E-state index in [0.29, 0.717) is 18.5 Å². The number of hydrogen-bond acceptors (Lipinski definition) is 3. The highest BCUT2D eigenvalue weighted by Crippen LogP contribution is 2.38. The van der Waals surface area contributed by atoms with Crippen molar-refractivity contribution in [1.29, 1.82) is 0 Å². The minimum Gasteiger partial charge on any atom is -0.481 e. The minimum atomic E-state index is -0.904. The summed E-state index contributed by atoms with van der Waals surface area (Å²) < 4.78 is 0. The van der Waals surface area contributed by atoms with Gasteiger partial charge in [0.05, 0.1) is 17.3 Å². The summed E-state index contributed by atoms with van der Waals surface area (Å²) in [4.78, 5) is 28.0. The summed E-state index contributed by atoms with van der Waals surface area (Å²) >= 11 is 0. The first-order chi connectivity index (χ1) is 10.0. The fraction of sp³-hybridized carbons (Fsp3) is 0.562. The predicted octanol–water partition coefficient (Wildman–Crippen LogP) is 3.14. The number of carboxylic acid groups (broad SMARTS) is 1. The highest BCUT2D eigenvalue weighted by atomic mass is 16.4. The van der Waals surface area contributed by atoms with Crippen molar-refractivity contribution < 1.29 is 14.7 Å². The standard InChI is InChI=1S/C16H22N2O3/c1-12-6-7-13(11-17-12)18-14(19)10-16(15(20)21)8-4-2-3-5-9-16/h6-7,11H,2-5,8-10H2,1H3,(H,18,19)(H,20,21). The predicted molar refractivity (Wildman–Crippen MR) is 80.0 cm³/mol. The van der Waals surface area contributed by atoms with Crippen LogP contribution in [-0.2, 0) is 9.59 Å². The highest BCUT2D eigenvalue weighted by molar-refractivity contribution is 5.94. The maximum absolute atomic E-state index is 12.2. The second-order valence-corrected chi connectivity index (χ2v) is 5.91. The summed E-state index contributed by atoms with van der Waals surface area (Å²) in [5.41, 5.74) is 0.581. The molecule has 5 nitrogen and oxygen atoms in total. The summed E-state index contributed by atoms with van der Waals surface area (Å²) in [6, 6.07) is 3.59. The van der Waals surface area contributed by atoms with Crippen molar-refractivity contribution in [2.45, 2.75) is 51.9 Å². The van der Waals surface area contributed by atoms with Gasteiger partial charge < -0.3 is 10.4 Å². The van der Waals surface area contributed by atoms with Crippen LogP contribution in [0.3, 0.4) is 0 Å². The molecule has 1 aliphatic carbocycles.